The van der Waals surface area contributed by atoms with Crippen LogP contribution in [-0.4, -0.2) is 36.0 Å². The molecule has 0 aliphatic rings. The first-order valence-electron chi connectivity index (χ1n) is 2.77. The Kier molecular flexibility index (Phi) is 3.27. The van der Waals surface area contributed by atoms with Gasteiger partial charge < -0.3 is 10.4 Å². The molecule has 0 fully saturated rings. The number of amides is 1. The van der Waals surface area contributed by atoms with Crippen molar-refractivity contribution in [3.05, 3.63) is 0 Å². The lowest BCUT2D eigenvalue weighted by atomic mass is 10.5. The van der Waals surface area contributed by atoms with Gasteiger partial charge in [-0.25, -0.2) is 4.79 Å². The van der Waals surface area contributed by atoms with Crippen LogP contribution in [0.2, 0.25) is 0 Å². The predicted molar refractivity (Wildman–Crippen MR) is 37.0 cm³/mol. The Morgan fingerprint density at radius 3 is 2.36 bits per heavy atom. The molecule has 0 bridgehead atoms. The molecule has 6 nitrogen and oxygen atoms in total. The first-order valence-corrected chi connectivity index (χ1v) is 4.27. The monoisotopic (exact) mass is 183 g/mol. The summed E-state index contributed by atoms with van der Waals surface area (Å²) < 4.78 is 28.9. The second-order valence-electron chi connectivity index (χ2n) is 2.01. The van der Waals surface area contributed by atoms with Crippen LogP contribution in [0.4, 0.5) is 4.79 Å². The van der Waals surface area contributed by atoms with Crippen LogP contribution in [0.3, 0.4) is 0 Å². The van der Waals surface area contributed by atoms with Gasteiger partial charge >= 0.3 is 6.09 Å². The molecule has 0 aliphatic heterocycles. The van der Waals surface area contributed by atoms with Gasteiger partial charge in [0, 0.05) is 6.54 Å². The zero-order valence-corrected chi connectivity index (χ0v) is 6.63. The Balaban J connectivity index is 3.90. The summed E-state index contributed by atoms with van der Waals surface area (Å²) in [6.45, 7) is 0.888. The maximum Gasteiger partial charge on any atom is 0.404 e. The van der Waals surface area contributed by atoms with E-state index in [1.165, 1.54) is 6.92 Å². The molecule has 1 unspecified atom stereocenters. The van der Waals surface area contributed by atoms with Crippen molar-refractivity contribution >= 4 is 16.2 Å². The number of hydrogen-bond donors (Lipinski definition) is 3. The molecule has 0 aromatic rings. The second-order valence-corrected chi connectivity index (χ2v) is 3.85. The average Bonchev–Trinajstić information content (AvgIpc) is 1.80. The Hall–Kier alpha value is -0.820. The van der Waals surface area contributed by atoms with E-state index >= 15 is 0 Å². The molecule has 0 rings (SSSR count). The van der Waals surface area contributed by atoms with Gasteiger partial charge in [-0.1, -0.05) is 0 Å². The van der Waals surface area contributed by atoms with Gasteiger partial charge in [-0.2, -0.15) is 8.42 Å². The third-order valence-electron chi connectivity index (χ3n) is 1.05. The number of carbonyl (C=O) groups is 1. The van der Waals surface area contributed by atoms with Crippen LogP contribution in [-0.2, 0) is 10.1 Å². The van der Waals surface area contributed by atoms with E-state index in [-0.39, 0.29) is 6.54 Å². The largest absolute Gasteiger partial charge is 0.465 e. The topological polar surface area (TPSA) is 104 Å². The molecule has 0 aromatic carbocycles. The molecule has 0 aliphatic carbocycles. The number of hydrogen-bond acceptors (Lipinski definition) is 3. The number of rotatable bonds is 3. The SMILES string of the molecule is CC(CNC(=O)O)S(=O)(=O)O. The standard InChI is InChI=1S/C4H9NO5S/c1-3(11(8,9)10)2-5-4(6)7/h3,5H,2H2,1H3,(H,6,7)(H,8,9,10). The molecule has 66 valence electrons. The molecule has 7 heteroatoms. The molecule has 3 N–H and O–H groups in total. The Morgan fingerprint density at radius 1 is 1.64 bits per heavy atom. The van der Waals surface area contributed by atoms with Gasteiger partial charge in [0.2, 0.25) is 0 Å². The minimum Gasteiger partial charge on any atom is -0.465 e. The number of nitrogens with one attached hydrogen (secondary N) is 1. The molecule has 0 spiro atoms. The van der Waals surface area contributed by atoms with Gasteiger partial charge in [0.1, 0.15) is 5.25 Å². The summed E-state index contributed by atoms with van der Waals surface area (Å²) in [7, 11) is -4.12. The van der Waals surface area contributed by atoms with Crippen LogP contribution in [0.5, 0.6) is 0 Å². The van der Waals surface area contributed by atoms with Gasteiger partial charge in [-0.3, -0.25) is 4.55 Å². The van der Waals surface area contributed by atoms with E-state index < -0.39 is 21.5 Å². The first-order chi connectivity index (χ1) is 4.84. The fourth-order valence-corrected chi connectivity index (χ4v) is 0.630. The fourth-order valence-electron chi connectivity index (χ4n) is 0.336. The highest BCUT2D eigenvalue weighted by molar-refractivity contribution is 7.86. The first kappa shape index (κ1) is 10.2. The quantitative estimate of drug-likeness (QED) is 0.513. The molecule has 0 aromatic heterocycles. The molecular formula is C4H9NO5S. The molecule has 11 heavy (non-hydrogen) atoms. The van der Waals surface area contributed by atoms with Crippen molar-refractivity contribution in [2.75, 3.05) is 6.54 Å². The summed E-state index contributed by atoms with van der Waals surface area (Å²) in [4.78, 5) is 9.84. The predicted octanol–water partition coefficient (Wildman–Crippen LogP) is -0.470. The molecule has 1 atom stereocenters. The van der Waals surface area contributed by atoms with E-state index in [9.17, 15) is 13.2 Å². The minimum absolute atomic E-state index is 0.311. The average molecular weight is 183 g/mol. The van der Waals surface area contributed by atoms with Crippen molar-refractivity contribution in [3.63, 3.8) is 0 Å². The smallest absolute Gasteiger partial charge is 0.404 e. The van der Waals surface area contributed by atoms with Crippen molar-refractivity contribution in [1.82, 2.24) is 5.32 Å². The lowest BCUT2D eigenvalue weighted by molar-refractivity contribution is 0.194. The van der Waals surface area contributed by atoms with Gasteiger partial charge in [0.15, 0.2) is 0 Å². The third-order valence-corrected chi connectivity index (χ3v) is 2.23. The maximum atomic E-state index is 10.3. The van der Waals surface area contributed by atoms with Crippen LogP contribution >= 0.6 is 0 Å². The highest BCUT2D eigenvalue weighted by atomic mass is 32.2. The second kappa shape index (κ2) is 3.54. The molecule has 1 amide bonds. The zero-order chi connectivity index (χ0) is 9.07. The van der Waals surface area contributed by atoms with E-state index in [0.717, 1.165) is 0 Å². The van der Waals surface area contributed by atoms with Crippen molar-refractivity contribution < 1.29 is 22.9 Å². The molecular weight excluding hydrogens is 174 g/mol. The van der Waals surface area contributed by atoms with Crippen LogP contribution in [0.1, 0.15) is 6.92 Å². The molecule has 0 saturated heterocycles. The fraction of sp³-hybridized carbons (Fsp3) is 0.750. The van der Waals surface area contributed by atoms with Crippen LogP contribution in [0.15, 0.2) is 0 Å². The normalized spacial score (nSPS) is 14.0. The van der Waals surface area contributed by atoms with Crippen molar-refractivity contribution in [2.24, 2.45) is 0 Å². The minimum atomic E-state index is -4.12. The van der Waals surface area contributed by atoms with Crippen LogP contribution in [0, 0.1) is 0 Å². The summed E-state index contributed by atoms with van der Waals surface area (Å²) in [5.74, 6) is 0. The Morgan fingerprint density at radius 2 is 2.09 bits per heavy atom. The molecule has 0 saturated carbocycles. The molecule has 0 radical (unpaired) electrons. The van der Waals surface area contributed by atoms with E-state index in [1.807, 2.05) is 5.32 Å². The van der Waals surface area contributed by atoms with E-state index in [0.29, 0.717) is 0 Å². The summed E-state index contributed by atoms with van der Waals surface area (Å²) in [6, 6.07) is 0. The van der Waals surface area contributed by atoms with Gasteiger partial charge in [-0.15, -0.1) is 0 Å². The zero-order valence-electron chi connectivity index (χ0n) is 5.81. The van der Waals surface area contributed by atoms with Gasteiger partial charge in [0.05, 0.1) is 0 Å². The van der Waals surface area contributed by atoms with Crippen molar-refractivity contribution in [1.29, 1.82) is 0 Å². The van der Waals surface area contributed by atoms with Gasteiger partial charge in [-0.05, 0) is 6.92 Å². The van der Waals surface area contributed by atoms with Crippen molar-refractivity contribution in [2.45, 2.75) is 12.2 Å². The summed E-state index contributed by atoms with van der Waals surface area (Å²) in [6.07, 6.45) is -1.32. The van der Waals surface area contributed by atoms with Crippen LogP contribution < -0.4 is 5.32 Å². The Bertz CT molecular complexity index is 233. The maximum absolute atomic E-state index is 10.3. The van der Waals surface area contributed by atoms with E-state index in [4.69, 9.17) is 9.66 Å². The summed E-state index contributed by atoms with van der Waals surface area (Å²) in [5.41, 5.74) is 0. The highest BCUT2D eigenvalue weighted by Crippen LogP contribution is 1.94. The lowest BCUT2D eigenvalue weighted by Gasteiger charge is -2.06. The number of carboxylic acid groups (broad SMARTS) is 1. The van der Waals surface area contributed by atoms with E-state index in [1.54, 1.807) is 0 Å². The van der Waals surface area contributed by atoms with Gasteiger partial charge in [0.25, 0.3) is 10.1 Å². The highest BCUT2D eigenvalue weighted by Gasteiger charge is 2.17. The van der Waals surface area contributed by atoms with Crippen LogP contribution in [0.25, 0.3) is 0 Å². The van der Waals surface area contributed by atoms with E-state index in [2.05, 4.69) is 0 Å². The molecule has 0 heterocycles. The third kappa shape index (κ3) is 4.57. The Labute approximate surface area is 64.0 Å². The summed E-state index contributed by atoms with van der Waals surface area (Å²) in [5, 5.41) is 8.76. The summed E-state index contributed by atoms with van der Waals surface area (Å²) >= 11 is 0. The lowest BCUT2D eigenvalue weighted by Crippen LogP contribution is -2.33. The van der Waals surface area contributed by atoms with Crippen molar-refractivity contribution in [3.8, 4) is 0 Å².